The van der Waals surface area contributed by atoms with Crippen molar-refractivity contribution in [1.82, 2.24) is 5.32 Å². The Morgan fingerprint density at radius 3 is 2.42 bits per heavy atom. The number of ether oxygens (including phenoxy) is 1. The van der Waals surface area contributed by atoms with Gasteiger partial charge in [0.15, 0.2) is 0 Å². The molecular weight excluding hydrogens is 240 g/mol. The number of benzene rings is 1. The van der Waals surface area contributed by atoms with E-state index in [1.54, 1.807) is 6.92 Å². The summed E-state index contributed by atoms with van der Waals surface area (Å²) in [4.78, 5) is 12.0. The highest BCUT2D eigenvalue weighted by Gasteiger charge is 2.34. The van der Waals surface area contributed by atoms with Gasteiger partial charge in [0.2, 0.25) is 0 Å². The van der Waals surface area contributed by atoms with E-state index in [2.05, 4.69) is 5.32 Å². The van der Waals surface area contributed by atoms with E-state index in [0.29, 0.717) is 6.61 Å². The smallest absolute Gasteiger partial charge is 0.325 e. The van der Waals surface area contributed by atoms with Gasteiger partial charge < -0.3 is 10.5 Å². The molecule has 106 valence electrons. The second-order valence-electron chi connectivity index (χ2n) is 5.31. The topological polar surface area (TPSA) is 64.3 Å². The molecule has 1 aromatic carbocycles. The van der Waals surface area contributed by atoms with Gasteiger partial charge in [-0.25, -0.2) is 0 Å². The summed E-state index contributed by atoms with van der Waals surface area (Å²) in [6, 6.07) is 9.43. The Morgan fingerprint density at radius 1 is 1.37 bits per heavy atom. The normalized spacial score (nSPS) is 14.8. The van der Waals surface area contributed by atoms with Gasteiger partial charge in [-0.3, -0.25) is 10.1 Å². The molecular formula is C15H24N2O2. The van der Waals surface area contributed by atoms with E-state index in [4.69, 9.17) is 10.5 Å². The predicted molar refractivity (Wildman–Crippen MR) is 76.7 cm³/mol. The van der Waals surface area contributed by atoms with Crippen LogP contribution in [0.3, 0.4) is 0 Å². The summed E-state index contributed by atoms with van der Waals surface area (Å²) < 4.78 is 5.09. The van der Waals surface area contributed by atoms with Crippen LogP contribution < -0.4 is 11.1 Å². The SMILES string of the molecule is CCOC(=O)[C@H](N[C@H](C)c1ccccc1)C(C)(C)N. The van der Waals surface area contributed by atoms with Crippen LogP contribution in [-0.4, -0.2) is 24.2 Å². The molecule has 0 fully saturated rings. The van der Waals surface area contributed by atoms with Gasteiger partial charge in [-0.05, 0) is 33.3 Å². The highest BCUT2D eigenvalue weighted by Crippen LogP contribution is 2.16. The van der Waals surface area contributed by atoms with Gasteiger partial charge in [0.05, 0.1) is 6.61 Å². The average Bonchev–Trinajstić information content (AvgIpc) is 2.35. The Kier molecular flexibility index (Phi) is 5.51. The maximum Gasteiger partial charge on any atom is 0.325 e. The lowest BCUT2D eigenvalue weighted by atomic mass is 9.94. The molecule has 0 aliphatic rings. The first-order valence-corrected chi connectivity index (χ1v) is 6.62. The Bertz CT molecular complexity index is 398. The third-order valence-corrected chi connectivity index (χ3v) is 2.98. The molecule has 0 amide bonds. The summed E-state index contributed by atoms with van der Waals surface area (Å²) in [5.41, 5.74) is 6.50. The lowest BCUT2D eigenvalue weighted by molar-refractivity contribution is -0.147. The van der Waals surface area contributed by atoms with E-state index in [1.165, 1.54) is 0 Å². The number of hydrogen-bond donors (Lipinski definition) is 2. The zero-order valence-electron chi connectivity index (χ0n) is 12.1. The molecule has 4 nitrogen and oxygen atoms in total. The minimum absolute atomic E-state index is 0.0263. The molecule has 0 bridgehead atoms. The van der Waals surface area contributed by atoms with Gasteiger partial charge in [-0.2, -0.15) is 0 Å². The van der Waals surface area contributed by atoms with Crippen molar-refractivity contribution in [3.63, 3.8) is 0 Å². The fourth-order valence-electron chi connectivity index (χ4n) is 1.90. The fraction of sp³-hybridized carbons (Fsp3) is 0.533. The standard InChI is InChI=1S/C15H24N2O2/c1-5-19-14(18)13(15(3,4)16)17-11(2)12-9-7-6-8-10-12/h6-11,13,17H,5,16H2,1-4H3/t11-,13+/m1/s1. The summed E-state index contributed by atoms with van der Waals surface area (Å²) in [5.74, 6) is -0.308. The average molecular weight is 264 g/mol. The molecule has 0 aromatic heterocycles. The molecule has 19 heavy (non-hydrogen) atoms. The highest BCUT2D eigenvalue weighted by atomic mass is 16.5. The molecule has 0 saturated heterocycles. The van der Waals surface area contributed by atoms with Crippen LogP contribution in [-0.2, 0) is 9.53 Å². The van der Waals surface area contributed by atoms with Gasteiger partial charge in [-0.15, -0.1) is 0 Å². The van der Waals surface area contributed by atoms with E-state index < -0.39 is 11.6 Å². The maximum absolute atomic E-state index is 12.0. The molecule has 0 aliphatic carbocycles. The van der Waals surface area contributed by atoms with Crippen LogP contribution in [0.2, 0.25) is 0 Å². The van der Waals surface area contributed by atoms with Crippen molar-refractivity contribution in [2.45, 2.75) is 45.3 Å². The van der Waals surface area contributed by atoms with Crippen molar-refractivity contribution < 1.29 is 9.53 Å². The number of hydrogen-bond acceptors (Lipinski definition) is 4. The number of nitrogens with two attached hydrogens (primary N) is 1. The first-order valence-electron chi connectivity index (χ1n) is 6.62. The number of nitrogens with one attached hydrogen (secondary N) is 1. The minimum atomic E-state index is -0.685. The zero-order valence-corrected chi connectivity index (χ0v) is 12.1. The molecule has 3 N–H and O–H groups in total. The summed E-state index contributed by atoms with van der Waals surface area (Å²) in [6.07, 6.45) is 0. The Hall–Kier alpha value is -1.39. The van der Waals surface area contributed by atoms with Gasteiger partial charge in [0.25, 0.3) is 0 Å². The maximum atomic E-state index is 12.0. The molecule has 0 unspecified atom stereocenters. The number of rotatable bonds is 6. The third-order valence-electron chi connectivity index (χ3n) is 2.98. The largest absolute Gasteiger partial charge is 0.465 e. The van der Waals surface area contributed by atoms with Crippen LogP contribution in [0.1, 0.15) is 39.3 Å². The Balaban J connectivity index is 2.81. The van der Waals surface area contributed by atoms with Crippen LogP contribution in [0.25, 0.3) is 0 Å². The van der Waals surface area contributed by atoms with Gasteiger partial charge >= 0.3 is 5.97 Å². The predicted octanol–water partition coefficient (Wildman–Crippen LogP) is 2.01. The molecule has 1 aromatic rings. The monoisotopic (exact) mass is 264 g/mol. The van der Waals surface area contributed by atoms with Crippen molar-refractivity contribution in [3.8, 4) is 0 Å². The van der Waals surface area contributed by atoms with Crippen LogP contribution >= 0.6 is 0 Å². The molecule has 0 spiro atoms. The summed E-state index contributed by atoms with van der Waals surface area (Å²) >= 11 is 0. The van der Waals surface area contributed by atoms with Gasteiger partial charge in [0, 0.05) is 11.6 Å². The first-order chi connectivity index (χ1) is 8.86. The zero-order chi connectivity index (χ0) is 14.5. The van der Waals surface area contributed by atoms with Crippen molar-refractivity contribution in [2.75, 3.05) is 6.61 Å². The molecule has 0 heterocycles. The lowest BCUT2D eigenvalue weighted by Gasteiger charge is -2.32. The van der Waals surface area contributed by atoms with Crippen LogP contribution in [0.15, 0.2) is 30.3 Å². The molecule has 1 rings (SSSR count). The van der Waals surface area contributed by atoms with Crippen molar-refractivity contribution in [2.24, 2.45) is 5.73 Å². The van der Waals surface area contributed by atoms with E-state index in [-0.39, 0.29) is 12.0 Å². The van der Waals surface area contributed by atoms with Crippen LogP contribution in [0.4, 0.5) is 0 Å². The van der Waals surface area contributed by atoms with Crippen molar-refractivity contribution in [1.29, 1.82) is 0 Å². The first kappa shape index (κ1) is 15.7. The molecule has 2 atom stereocenters. The van der Waals surface area contributed by atoms with E-state index >= 15 is 0 Å². The summed E-state index contributed by atoms with van der Waals surface area (Å²) in [6.45, 7) is 7.79. The number of carbonyl (C=O) groups excluding carboxylic acids is 1. The lowest BCUT2D eigenvalue weighted by Crippen LogP contribution is -2.58. The molecule has 4 heteroatoms. The van der Waals surface area contributed by atoms with E-state index in [1.807, 2.05) is 51.1 Å². The Morgan fingerprint density at radius 2 is 1.95 bits per heavy atom. The quantitative estimate of drug-likeness (QED) is 0.771. The van der Waals surface area contributed by atoms with E-state index in [0.717, 1.165) is 5.56 Å². The van der Waals surface area contributed by atoms with Crippen molar-refractivity contribution >= 4 is 5.97 Å². The van der Waals surface area contributed by atoms with Gasteiger partial charge in [-0.1, -0.05) is 30.3 Å². The molecule has 0 aliphatic heterocycles. The van der Waals surface area contributed by atoms with E-state index in [9.17, 15) is 4.79 Å². The molecule has 0 radical (unpaired) electrons. The molecule has 0 saturated carbocycles. The number of esters is 1. The van der Waals surface area contributed by atoms with Crippen molar-refractivity contribution in [3.05, 3.63) is 35.9 Å². The number of carbonyl (C=O) groups is 1. The van der Waals surface area contributed by atoms with Gasteiger partial charge in [0.1, 0.15) is 6.04 Å². The summed E-state index contributed by atoms with van der Waals surface area (Å²) in [7, 11) is 0. The minimum Gasteiger partial charge on any atom is -0.465 e. The third kappa shape index (κ3) is 4.65. The highest BCUT2D eigenvalue weighted by molar-refractivity contribution is 5.77. The van der Waals surface area contributed by atoms with Crippen LogP contribution in [0, 0.1) is 0 Å². The second-order valence-corrected chi connectivity index (χ2v) is 5.31. The summed E-state index contributed by atoms with van der Waals surface area (Å²) in [5, 5.41) is 3.26. The van der Waals surface area contributed by atoms with Crippen LogP contribution in [0.5, 0.6) is 0 Å². The second kappa shape index (κ2) is 6.68. The Labute approximate surface area is 115 Å². The fourth-order valence-corrected chi connectivity index (χ4v) is 1.90.